The van der Waals surface area contributed by atoms with Crippen LogP contribution in [0.25, 0.3) is 0 Å². The zero-order valence-electron chi connectivity index (χ0n) is 11.8. The number of nitrogens with one attached hydrogen (secondary N) is 1. The fraction of sp³-hybridized carbons (Fsp3) is 0.235. The van der Waals surface area contributed by atoms with Crippen LogP contribution in [0, 0.1) is 6.92 Å². The fourth-order valence-electron chi connectivity index (χ4n) is 1.91. The van der Waals surface area contributed by atoms with Gasteiger partial charge in [0.25, 0.3) is 0 Å². The van der Waals surface area contributed by atoms with Gasteiger partial charge in [0.1, 0.15) is 5.75 Å². The molecule has 2 aromatic carbocycles. The van der Waals surface area contributed by atoms with E-state index in [-0.39, 0.29) is 5.78 Å². The number of hydrogen-bond donors (Lipinski definition) is 1. The molecule has 3 nitrogen and oxygen atoms in total. The molecule has 0 radical (unpaired) electrons. The number of benzene rings is 2. The number of carbonyl (C=O) groups is 1. The molecule has 2 aromatic rings. The van der Waals surface area contributed by atoms with E-state index in [9.17, 15) is 4.79 Å². The molecule has 20 heavy (non-hydrogen) atoms. The number of hydrogen-bond acceptors (Lipinski definition) is 3. The van der Waals surface area contributed by atoms with Gasteiger partial charge in [-0.15, -0.1) is 0 Å². The number of ketones is 1. The first kappa shape index (κ1) is 14.3. The van der Waals surface area contributed by atoms with Gasteiger partial charge in [0, 0.05) is 12.1 Å². The Labute approximate surface area is 119 Å². The Kier molecular flexibility index (Phi) is 4.91. The number of ether oxygens (including phenoxy) is 1. The van der Waals surface area contributed by atoms with Crippen LogP contribution in [0.3, 0.4) is 0 Å². The summed E-state index contributed by atoms with van der Waals surface area (Å²) in [5.41, 5.74) is 3.11. The summed E-state index contributed by atoms with van der Waals surface area (Å²) in [7, 11) is 1.61. The average molecular weight is 269 g/mol. The predicted octanol–water partition coefficient (Wildman–Crippen LogP) is 2.98. The molecule has 2 rings (SSSR count). The van der Waals surface area contributed by atoms with E-state index in [0.29, 0.717) is 18.7 Å². The summed E-state index contributed by atoms with van der Waals surface area (Å²) < 4.78 is 5.07. The lowest BCUT2D eigenvalue weighted by Gasteiger charge is -2.06. The standard InChI is InChI=1S/C17H19NO2/c1-13-3-5-14(6-4-13)11-18-12-17(19)15-7-9-16(20-2)10-8-15/h3-10,18H,11-12H2,1-2H3. The van der Waals surface area contributed by atoms with Crippen molar-refractivity contribution in [3.63, 3.8) is 0 Å². The third kappa shape index (κ3) is 3.93. The second-order valence-electron chi connectivity index (χ2n) is 4.74. The van der Waals surface area contributed by atoms with Crippen LogP contribution in [-0.4, -0.2) is 19.4 Å². The molecule has 1 N–H and O–H groups in total. The van der Waals surface area contributed by atoms with Crippen molar-refractivity contribution in [3.8, 4) is 5.75 Å². The topological polar surface area (TPSA) is 38.3 Å². The first-order chi connectivity index (χ1) is 9.69. The van der Waals surface area contributed by atoms with Crippen molar-refractivity contribution in [1.82, 2.24) is 5.32 Å². The molecule has 0 heterocycles. The SMILES string of the molecule is COc1ccc(C(=O)CNCc2ccc(C)cc2)cc1. The van der Waals surface area contributed by atoms with Crippen molar-refractivity contribution in [2.75, 3.05) is 13.7 Å². The fourth-order valence-corrected chi connectivity index (χ4v) is 1.91. The Morgan fingerprint density at radius 3 is 2.30 bits per heavy atom. The highest BCUT2D eigenvalue weighted by atomic mass is 16.5. The highest BCUT2D eigenvalue weighted by Gasteiger charge is 2.05. The summed E-state index contributed by atoms with van der Waals surface area (Å²) in [6.45, 7) is 3.09. The van der Waals surface area contributed by atoms with Crippen LogP contribution in [0.4, 0.5) is 0 Å². The maximum atomic E-state index is 12.0. The van der Waals surface area contributed by atoms with Gasteiger partial charge >= 0.3 is 0 Å². The summed E-state index contributed by atoms with van der Waals surface area (Å²) in [6.07, 6.45) is 0. The molecule has 0 aliphatic rings. The third-order valence-electron chi connectivity index (χ3n) is 3.15. The van der Waals surface area contributed by atoms with Crippen LogP contribution in [-0.2, 0) is 6.54 Å². The van der Waals surface area contributed by atoms with Crippen LogP contribution in [0.2, 0.25) is 0 Å². The normalized spacial score (nSPS) is 10.3. The molecule has 0 amide bonds. The smallest absolute Gasteiger partial charge is 0.176 e. The molecule has 0 unspecified atom stereocenters. The van der Waals surface area contributed by atoms with Crippen LogP contribution >= 0.6 is 0 Å². The van der Waals surface area contributed by atoms with Crippen molar-refractivity contribution in [1.29, 1.82) is 0 Å². The van der Waals surface area contributed by atoms with Crippen molar-refractivity contribution < 1.29 is 9.53 Å². The zero-order chi connectivity index (χ0) is 14.4. The monoisotopic (exact) mass is 269 g/mol. The molecular formula is C17H19NO2. The third-order valence-corrected chi connectivity index (χ3v) is 3.15. The largest absolute Gasteiger partial charge is 0.497 e. The highest BCUT2D eigenvalue weighted by molar-refractivity contribution is 5.97. The van der Waals surface area contributed by atoms with Gasteiger partial charge in [-0.1, -0.05) is 29.8 Å². The molecule has 0 bridgehead atoms. The van der Waals surface area contributed by atoms with Gasteiger partial charge in [-0.3, -0.25) is 4.79 Å². The minimum atomic E-state index is 0.0831. The van der Waals surface area contributed by atoms with Crippen LogP contribution in [0.15, 0.2) is 48.5 Å². The van der Waals surface area contributed by atoms with E-state index in [0.717, 1.165) is 5.75 Å². The van der Waals surface area contributed by atoms with Crippen LogP contribution in [0.1, 0.15) is 21.5 Å². The van der Waals surface area contributed by atoms with Crippen LogP contribution in [0.5, 0.6) is 5.75 Å². The van der Waals surface area contributed by atoms with Crippen molar-refractivity contribution in [2.24, 2.45) is 0 Å². The molecule has 0 saturated heterocycles. The average Bonchev–Trinajstić information content (AvgIpc) is 2.49. The summed E-state index contributed by atoms with van der Waals surface area (Å²) >= 11 is 0. The summed E-state index contributed by atoms with van der Waals surface area (Å²) in [4.78, 5) is 12.0. The van der Waals surface area contributed by atoms with Gasteiger partial charge in [0.15, 0.2) is 5.78 Å². The molecular weight excluding hydrogens is 250 g/mol. The number of aryl methyl sites for hydroxylation is 1. The summed E-state index contributed by atoms with van der Waals surface area (Å²) in [5.74, 6) is 0.842. The van der Waals surface area contributed by atoms with E-state index >= 15 is 0 Å². The molecule has 0 atom stereocenters. The van der Waals surface area contributed by atoms with E-state index in [1.165, 1.54) is 11.1 Å². The molecule has 0 aromatic heterocycles. The summed E-state index contributed by atoms with van der Waals surface area (Å²) in [5, 5.41) is 3.17. The highest BCUT2D eigenvalue weighted by Crippen LogP contribution is 2.11. The van der Waals surface area contributed by atoms with Crippen molar-refractivity contribution in [3.05, 3.63) is 65.2 Å². The van der Waals surface area contributed by atoms with Gasteiger partial charge in [-0.25, -0.2) is 0 Å². The maximum Gasteiger partial charge on any atom is 0.176 e. The maximum absolute atomic E-state index is 12.0. The number of carbonyl (C=O) groups excluding carboxylic acids is 1. The number of methoxy groups -OCH3 is 1. The first-order valence-electron chi connectivity index (χ1n) is 6.62. The van der Waals surface area contributed by atoms with Gasteiger partial charge in [0.05, 0.1) is 13.7 Å². The van der Waals surface area contributed by atoms with Crippen molar-refractivity contribution >= 4 is 5.78 Å². The lowest BCUT2D eigenvalue weighted by atomic mass is 10.1. The van der Waals surface area contributed by atoms with Gasteiger partial charge < -0.3 is 10.1 Å². The van der Waals surface area contributed by atoms with E-state index in [2.05, 4.69) is 36.5 Å². The first-order valence-corrected chi connectivity index (χ1v) is 6.62. The molecule has 104 valence electrons. The molecule has 0 aliphatic carbocycles. The van der Waals surface area contributed by atoms with Crippen molar-refractivity contribution in [2.45, 2.75) is 13.5 Å². The quantitative estimate of drug-likeness (QED) is 0.819. The molecule has 0 aliphatic heterocycles. The van der Waals surface area contributed by atoms with E-state index < -0.39 is 0 Å². The molecule has 0 saturated carbocycles. The van der Waals surface area contributed by atoms with E-state index in [1.807, 2.05) is 0 Å². The van der Waals surface area contributed by atoms with E-state index in [4.69, 9.17) is 4.74 Å². The lowest BCUT2D eigenvalue weighted by molar-refractivity contribution is 0.0991. The molecule has 3 heteroatoms. The molecule has 0 spiro atoms. The summed E-state index contributed by atoms with van der Waals surface area (Å²) in [6, 6.07) is 15.5. The second kappa shape index (κ2) is 6.87. The second-order valence-corrected chi connectivity index (χ2v) is 4.74. The van der Waals surface area contributed by atoms with Crippen LogP contribution < -0.4 is 10.1 Å². The minimum absolute atomic E-state index is 0.0831. The Morgan fingerprint density at radius 1 is 1.05 bits per heavy atom. The van der Waals surface area contributed by atoms with E-state index in [1.54, 1.807) is 31.4 Å². The number of rotatable bonds is 6. The lowest BCUT2D eigenvalue weighted by Crippen LogP contribution is -2.22. The zero-order valence-corrected chi connectivity index (χ0v) is 11.8. The Bertz CT molecular complexity index is 559. The number of Topliss-reactive ketones (excluding diaryl/α,β-unsaturated/α-hetero) is 1. The minimum Gasteiger partial charge on any atom is -0.497 e. The van der Waals surface area contributed by atoms with Gasteiger partial charge in [0.2, 0.25) is 0 Å². The molecule has 0 fully saturated rings. The predicted molar refractivity (Wildman–Crippen MR) is 80.2 cm³/mol. The Hall–Kier alpha value is -2.13. The Balaban J connectivity index is 1.83. The Morgan fingerprint density at radius 2 is 1.70 bits per heavy atom. The van der Waals surface area contributed by atoms with Gasteiger partial charge in [-0.2, -0.15) is 0 Å². The van der Waals surface area contributed by atoms with Gasteiger partial charge in [-0.05, 0) is 36.8 Å².